The number of hydrogen-bond acceptors (Lipinski definition) is 4. The quantitative estimate of drug-likeness (QED) is 0.837. The third-order valence-corrected chi connectivity index (χ3v) is 3.39. The van der Waals surface area contributed by atoms with Gasteiger partial charge in [-0.05, 0) is 30.3 Å². The number of ether oxygens (including phenoxy) is 3. The van der Waals surface area contributed by atoms with Crippen LogP contribution in [0.2, 0.25) is 5.02 Å². The topological polar surface area (TPSA) is 56.8 Å². The van der Waals surface area contributed by atoms with E-state index in [4.69, 9.17) is 25.8 Å². The van der Waals surface area contributed by atoms with Crippen LogP contribution in [0.5, 0.6) is 17.2 Å². The van der Waals surface area contributed by atoms with Crippen LogP contribution >= 0.6 is 11.6 Å². The van der Waals surface area contributed by atoms with E-state index in [9.17, 15) is 4.79 Å². The Morgan fingerprint density at radius 1 is 1.04 bits per heavy atom. The highest BCUT2D eigenvalue weighted by Gasteiger charge is 2.07. The number of carbonyl (C=O) groups is 1. The fraction of sp³-hybridized carbons (Fsp3) is 0.235. The molecule has 0 heterocycles. The minimum atomic E-state index is -0.166. The van der Waals surface area contributed by atoms with E-state index in [1.54, 1.807) is 37.4 Å². The van der Waals surface area contributed by atoms with Crippen LogP contribution in [0.1, 0.15) is 6.42 Å². The zero-order valence-corrected chi connectivity index (χ0v) is 13.7. The first-order chi connectivity index (χ1) is 11.1. The van der Waals surface area contributed by atoms with Gasteiger partial charge in [-0.3, -0.25) is 4.79 Å². The Balaban J connectivity index is 1.84. The van der Waals surface area contributed by atoms with Gasteiger partial charge in [0.05, 0.1) is 32.3 Å². The molecule has 0 saturated heterocycles. The van der Waals surface area contributed by atoms with Crippen molar-refractivity contribution in [2.75, 3.05) is 26.1 Å². The molecule has 2 aromatic rings. The van der Waals surface area contributed by atoms with Gasteiger partial charge in [0.15, 0.2) is 11.5 Å². The lowest BCUT2D eigenvalue weighted by Crippen LogP contribution is -2.15. The molecule has 0 unspecified atom stereocenters. The van der Waals surface area contributed by atoms with Crippen molar-refractivity contribution in [2.24, 2.45) is 0 Å². The smallest absolute Gasteiger partial charge is 0.227 e. The van der Waals surface area contributed by atoms with Gasteiger partial charge >= 0.3 is 0 Å². The number of anilines is 1. The molecule has 2 rings (SSSR count). The standard InChI is InChI=1S/C17H18ClNO4/c1-21-14-8-7-12(11-13(14)18)19-17(20)9-10-23-16-6-4-3-5-15(16)22-2/h3-8,11H,9-10H2,1-2H3,(H,19,20). The van der Waals surface area contributed by atoms with E-state index in [1.807, 2.05) is 12.1 Å². The molecule has 1 amide bonds. The fourth-order valence-electron chi connectivity index (χ4n) is 1.96. The van der Waals surface area contributed by atoms with Crippen molar-refractivity contribution in [1.82, 2.24) is 0 Å². The van der Waals surface area contributed by atoms with Gasteiger partial charge in [-0.15, -0.1) is 0 Å². The monoisotopic (exact) mass is 335 g/mol. The third-order valence-electron chi connectivity index (χ3n) is 3.09. The summed E-state index contributed by atoms with van der Waals surface area (Å²) < 4.78 is 15.8. The predicted octanol–water partition coefficient (Wildman–Crippen LogP) is 3.76. The maximum atomic E-state index is 11.9. The Labute approximate surface area is 140 Å². The molecule has 0 radical (unpaired) electrons. The van der Waals surface area contributed by atoms with Crippen LogP contribution in [-0.4, -0.2) is 26.7 Å². The number of carbonyl (C=O) groups excluding carboxylic acids is 1. The van der Waals surface area contributed by atoms with Crippen molar-refractivity contribution < 1.29 is 19.0 Å². The molecular weight excluding hydrogens is 318 g/mol. The Morgan fingerprint density at radius 3 is 2.39 bits per heavy atom. The maximum absolute atomic E-state index is 11.9. The van der Waals surface area contributed by atoms with E-state index in [-0.39, 0.29) is 18.9 Å². The second kappa shape index (κ2) is 8.29. The Kier molecular flexibility index (Phi) is 6.11. The summed E-state index contributed by atoms with van der Waals surface area (Å²) in [5.74, 6) is 1.63. The minimum absolute atomic E-state index is 0.166. The Hall–Kier alpha value is -2.40. The van der Waals surface area contributed by atoms with E-state index in [0.717, 1.165) is 0 Å². The fourth-order valence-corrected chi connectivity index (χ4v) is 2.22. The van der Waals surface area contributed by atoms with E-state index in [0.29, 0.717) is 28.0 Å². The number of amides is 1. The molecule has 2 aromatic carbocycles. The van der Waals surface area contributed by atoms with E-state index in [2.05, 4.69) is 5.32 Å². The number of para-hydroxylation sites is 2. The molecule has 1 N–H and O–H groups in total. The summed E-state index contributed by atoms with van der Waals surface area (Å²) in [5.41, 5.74) is 0.609. The van der Waals surface area contributed by atoms with Crippen LogP contribution in [-0.2, 0) is 4.79 Å². The first-order valence-electron chi connectivity index (χ1n) is 7.03. The molecule has 0 aliphatic rings. The highest BCUT2D eigenvalue weighted by Crippen LogP contribution is 2.27. The lowest BCUT2D eigenvalue weighted by atomic mass is 10.3. The Bertz CT molecular complexity index is 675. The summed E-state index contributed by atoms with van der Waals surface area (Å²) in [4.78, 5) is 11.9. The largest absolute Gasteiger partial charge is 0.495 e. The Morgan fingerprint density at radius 2 is 1.74 bits per heavy atom. The van der Waals surface area contributed by atoms with Gasteiger partial charge in [-0.25, -0.2) is 0 Å². The number of nitrogens with one attached hydrogen (secondary N) is 1. The number of hydrogen-bond donors (Lipinski definition) is 1. The number of methoxy groups -OCH3 is 2. The van der Waals surface area contributed by atoms with E-state index in [1.165, 1.54) is 7.11 Å². The van der Waals surface area contributed by atoms with Crippen molar-refractivity contribution in [2.45, 2.75) is 6.42 Å². The molecule has 6 heteroatoms. The number of halogens is 1. The van der Waals surface area contributed by atoms with Crippen molar-refractivity contribution >= 4 is 23.2 Å². The molecular formula is C17H18ClNO4. The summed E-state index contributed by atoms with van der Waals surface area (Å²) in [6, 6.07) is 12.4. The summed E-state index contributed by atoms with van der Waals surface area (Å²) in [6.07, 6.45) is 0.210. The molecule has 0 bridgehead atoms. The lowest BCUT2D eigenvalue weighted by molar-refractivity contribution is -0.116. The third kappa shape index (κ3) is 4.79. The molecule has 0 aliphatic carbocycles. The first-order valence-corrected chi connectivity index (χ1v) is 7.41. The van der Waals surface area contributed by atoms with Gasteiger partial charge in [0, 0.05) is 5.69 Å². The second-order valence-corrected chi connectivity index (χ2v) is 5.05. The van der Waals surface area contributed by atoms with Crippen LogP contribution in [0.15, 0.2) is 42.5 Å². The van der Waals surface area contributed by atoms with Crippen LogP contribution < -0.4 is 19.5 Å². The van der Waals surface area contributed by atoms with E-state index < -0.39 is 0 Å². The summed E-state index contributed by atoms with van der Waals surface area (Å²) in [6.45, 7) is 0.246. The van der Waals surface area contributed by atoms with Crippen molar-refractivity contribution in [3.05, 3.63) is 47.5 Å². The van der Waals surface area contributed by atoms with Crippen molar-refractivity contribution in [3.8, 4) is 17.2 Å². The average Bonchev–Trinajstić information content (AvgIpc) is 2.55. The van der Waals surface area contributed by atoms with Gasteiger partial charge in [-0.1, -0.05) is 23.7 Å². The molecule has 0 saturated carbocycles. The number of benzene rings is 2. The van der Waals surface area contributed by atoms with Crippen LogP contribution in [0, 0.1) is 0 Å². The molecule has 0 aliphatic heterocycles. The van der Waals surface area contributed by atoms with Gasteiger partial charge in [0.2, 0.25) is 5.91 Å². The van der Waals surface area contributed by atoms with E-state index >= 15 is 0 Å². The van der Waals surface area contributed by atoms with Gasteiger partial charge in [0.1, 0.15) is 5.75 Å². The highest BCUT2D eigenvalue weighted by atomic mass is 35.5. The molecule has 0 atom stereocenters. The summed E-state index contributed by atoms with van der Waals surface area (Å²) in [7, 11) is 3.11. The molecule has 122 valence electrons. The predicted molar refractivity (Wildman–Crippen MR) is 89.7 cm³/mol. The molecule has 23 heavy (non-hydrogen) atoms. The molecule has 0 aromatic heterocycles. The molecule has 0 fully saturated rings. The summed E-state index contributed by atoms with van der Waals surface area (Å²) in [5, 5.41) is 3.20. The van der Waals surface area contributed by atoms with Crippen molar-refractivity contribution in [1.29, 1.82) is 0 Å². The normalized spacial score (nSPS) is 10.0. The number of rotatable bonds is 7. The zero-order chi connectivity index (χ0) is 16.7. The first kappa shape index (κ1) is 17.0. The zero-order valence-electron chi connectivity index (χ0n) is 13.0. The molecule has 0 spiro atoms. The van der Waals surface area contributed by atoms with Crippen molar-refractivity contribution in [3.63, 3.8) is 0 Å². The van der Waals surface area contributed by atoms with Gasteiger partial charge < -0.3 is 19.5 Å². The molecule has 5 nitrogen and oxygen atoms in total. The maximum Gasteiger partial charge on any atom is 0.227 e. The minimum Gasteiger partial charge on any atom is -0.495 e. The summed E-state index contributed by atoms with van der Waals surface area (Å²) >= 11 is 6.02. The van der Waals surface area contributed by atoms with Crippen LogP contribution in [0.4, 0.5) is 5.69 Å². The SMILES string of the molecule is COc1ccc(NC(=O)CCOc2ccccc2OC)cc1Cl. The van der Waals surface area contributed by atoms with Gasteiger partial charge in [0.25, 0.3) is 0 Å². The average molecular weight is 336 g/mol. The highest BCUT2D eigenvalue weighted by molar-refractivity contribution is 6.32. The lowest BCUT2D eigenvalue weighted by Gasteiger charge is -2.11. The van der Waals surface area contributed by atoms with Gasteiger partial charge in [-0.2, -0.15) is 0 Å². The van der Waals surface area contributed by atoms with Crippen LogP contribution in [0.25, 0.3) is 0 Å². The van der Waals surface area contributed by atoms with Crippen LogP contribution in [0.3, 0.4) is 0 Å². The second-order valence-electron chi connectivity index (χ2n) is 4.65.